The Bertz CT molecular complexity index is 1450. The van der Waals surface area contributed by atoms with E-state index in [1.54, 1.807) is 30.3 Å². The fourth-order valence-electron chi connectivity index (χ4n) is 3.99. The van der Waals surface area contributed by atoms with Crippen molar-refractivity contribution in [1.82, 2.24) is 20.8 Å². The molecule has 1 aliphatic heterocycles. The van der Waals surface area contributed by atoms with Gasteiger partial charge in [0.05, 0.1) is 11.4 Å². The van der Waals surface area contributed by atoms with E-state index in [9.17, 15) is 23.1 Å². The number of nitrogens with one attached hydrogen (secondary N) is 2. The maximum atomic E-state index is 13.8. The highest BCUT2D eigenvalue weighted by Crippen LogP contribution is 2.31. The molecule has 0 saturated heterocycles. The minimum atomic E-state index is -4.67. The van der Waals surface area contributed by atoms with E-state index in [1.165, 1.54) is 12.1 Å². The van der Waals surface area contributed by atoms with Gasteiger partial charge in [0.2, 0.25) is 5.78 Å². The molecule has 0 unspecified atom stereocenters. The highest BCUT2D eigenvalue weighted by molar-refractivity contribution is 7.93. The van der Waals surface area contributed by atoms with Crippen molar-refractivity contribution < 1.29 is 23.1 Å². The highest BCUT2D eigenvalue weighted by Gasteiger charge is 2.53. The average Bonchev–Trinajstić information content (AvgIpc) is 3.55. The molecule has 2 heterocycles. The van der Waals surface area contributed by atoms with Crippen LogP contribution in [-0.4, -0.2) is 72.0 Å². The number of guanidine groups is 1. The van der Waals surface area contributed by atoms with Gasteiger partial charge in [-0.25, -0.2) is 13.2 Å². The minimum absolute atomic E-state index is 0.246. The number of benzene rings is 2. The Kier molecular flexibility index (Phi) is 7.82. The molecule has 14 heteroatoms. The van der Waals surface area contributed by atoms with Crippen molar-refractivity contribution in [2.45, 2.75) is 35.1 Å². The van der Waals surface area contributed by atoms with E-state index in [0.29, 0.717) is 28.7 Å². The van der Waals surface area contributed by atoms with Crippen LogP contribution in [0.3, 0.4) is 0 Å². The molecular formula is C23H27N7O5S2. The zero-order valence-electron chi connectivity index (χ0n) is 19.8. The zero-order chi connectivity index (χ0) is 26.6. The first kappa shape index (κ1) is 26.6. The van der Waals surface area contributed by atoms with E-state index in [2.05, 4.69) is 25.8 Å². The summed E-state index contributed by atoms with van der Waals surface area (Å²) in [5, 5.41) is 22.6. The summed E-state index contributed by atoms with van der Waals surface area (Å²) < 4.78 is 27.5. The third-order valence-electron chi connectivity index (χ3n) is 5.87. The summed E-state index contributed by atoms with van der Waals surface area (Å²) >= 11 is 0.899. The van der Waals surface area contributed by atoms with E-state index in [1.807, 2.05) is 0 Å². The summed E-state index contributed by atoms with van der Waals surface area (Å²) in [5.41, 5.74) is 8.67. The number of aliphatic carboxylic acids is 1. The number of Topliss-reactive ketones (excluding diaryl/α,β-unsaturated/α-hetero) is 1. The van der Waals surface area contributed by atoms with Gasteiger partial charge in [-0.3, -0.25) is 9.79 Å². The molecule has 0 radical (unpaired) electrons. The number of nitrogens with zero attached hydrogens (tertiary/aromatic N) is 3. The topological polar surface area (TPSA) is 203 Å². The van der Waals surface area contributed by atoms with Crippen molar-refractivity contribution in [2.24, 2.45) is 16.5 Å². The van der Waals surface area contributed by atoms with E-state index >= 15 is 0 Å². The lowest BCUT2D eigenvalue weighted by atomic mass is 10.1. The summed E-state index contributed by atoms with van der Waals surface area (Å²) in [4.78, 5) is 29.4. The third-order valence-corrected chi connectivity index (χ3v) is 9.06. The Balaban J connectivity index is 1.56. The van der Waals surface area contributed by atoms with Gasteiger partial charge in [0.1, 0.15) is 5.01 Å². The van der Waals surface area contributed by atoms with Gasteiger partial charge >= 0.3 is 5.97 Å². The van der Waals surface area contributed by atoms with Crippen molar-refractivity contribution in [3.8, 4) is 0 Å². The van der Waals surface area contributed by atoms with Crippen LogP contribution in [0.15, 0.2) is 52.4 Å². The fourth-order valence-corrected chi connectivity index (χ4v) is 6.94. The maximum absolute atomic E-state index is 13.8. The highest BCUT2D eigenvalue weighted by atomic mass is 32.2. The lowest BCUT2D eigenvalue weighted by Gasteiger charge is -2.28. The van der Waals surface area contributed by atoms with Crippen LogP contribution in [-0.2, 0) is 21.1 Å². The summed E-state index contributed by atoms with van der Waals surface area (Å²) in [6, 6.07) is 11.1. The molecule has 1 atom stereocenters. The SMILES string of the molecule is NC(N)(C(=O)O)[C@@H](C(=O)c1nnc(CCCCNC2=NCCN2)s1)S(=O)(=O)c1cccc2ccccc12. The van der Waals surface area contributed by atoms with Crippen molar-refractivity contribution in [2.75, 3.05) is 19.6 Å². The molecule has 0 spiro atoms. The van der Waals surface area contributed by atoms with Gasteiger partial charge < -0.3 is 27.2 Å². The molecule has 7 N–H and O–H groups in total. The number of sulfone groups is 1. The van der Waals surface area contributed by atoms with Crippen LogP contribution < -0.4 is 22.1 Å². The molecule has 0 fully saturated rings. The summed E-state index contributed by atoms with van der Waals surface area (Å²) in [6.45, 7) is 2.26. The molecule has 4 rings (SSSR count). The van der Waals surface area contributed by atoms with Crippen molar-refractivity contribution in [3.63, 3.8) is 0 Å². The number of rotatable bonds is 11. The number of aliphatic imine (C=N–C) groups is 1. The minimum Gasteiger partial charge on any atom is -0.479 e. The van der Waals surface area contributed by atoms with Gasteiger partial charge in [-0.15, -0.1) is 10.2 Å². The number of carboxylic acids is 1. The first-order valence-electron chi connectivity index (χ1n) is 11.5. The van der Waals surface area contributed by atoms with E-state index in [0.717, 1.165) is 43.2 Å². The number of carbonyl (C=O) groups is 2. The van der Waals surface area contributed by atoms with E-state index < -0.39 is 32.5 Å². The molecular weight excluding hydrogens is 518 g/mol. The average molecular weight is 546 g/mol. The number of unbranched alkanes of at least 4 members (excludes halogenated alkanes) is 1. The zero-order valence-corrected chi connectivity index (χ0v) is 21.4. The number of ketones is 1. The number of fused-ring (bicyclic) bond motifs is 1. The summed E-state index contributed by atoms with van der Waals surface area (Å²) in [7, 11) is -4.67. The summed E-state index contributed by atoms with van der Waals surface area (Å²) in [5.74, 6) is -2.18. The predicted octanol–water partition coefficient (Wildman–Crippen LogP) is 0.286. The van der Waals surface area contributed by atoms with Gasteiger partial charge in [0, 0.05) is 24.9 Å². The number of aromatic nitrogens is 2. The quantitative estimate of drug-likeness (QED) is 0.126. The first-order chi connectivity index (χ1) is 17.6. The molecule has 1 aromatic heterocycles. The lowest BCUT2D eigenvalue weighted by Crippen LogP contribution is -2.69. The normalized spacial score (nSPS) is 14.7. The maximum Gasteiger partial charge on any atom is 0.340 e. The second-order valence-corrected chi connectivity index (χ2v) is 11.6. The van der Waals surface area contributed by atoms with Gasteiger partial charge in [-0.05, 0) is 24.3 Å². The summed E-state index contributed by atoms with van der Waals surface area (Å²) in [6.07, 6.45) is 2.03. The smallest absolute Gasteiger partial charge is 0.340 e. The largest absolute Gasteiger partial charge is 0.479 e. The number of carboxylic acid groups (broad SMARTS) is 1. The molecule has 196 valence electrons. The first-order valence-corrected chi connectivity index (χ1v) is 13.9. The lowest BCUT2D eigenvalue weighted by molar-refractivity contribution is -0.142. The predicted molar refractivity (Wildman–Crippen MR) is 139 cm³/mol. The Hall–Kier alpha value is -3.46. The molecule has 2 aromatic carbocycles. The number of hydrogen-bond donors (Lipinski definition) is 5. The van der Waals surface area contributed by atoms with Crippen LogP contribution >= 0.6 is 11.3 Å². The van der Waals surface area contributed by atoms with Gasteiger partial charge in [-0.1, -0.05) is 47.7 Å². The number of hydrogen-bond acceptors (Lipinski definition) is 12. The van der Waals surface area contributed by atoms with Gasteiger partial charge in [-0.2, -0.15) is 0 Å². The second-order valence-electron chi connectivity index (χ2n) is 8.55. The van der Waals surface area contributed by atoms with Crippen LogP contribution in [0.5, 0.6) is 0 Å². The van der Waals surface area contributed by atoms with E-state index in [4.69, 9.17) is 11.5 Å². The Morgan fingerprint density at radius 3 is 2.62 bits per heavy atom. The number of carbonyl (C=O) groups excluding carboxylic acids is 1. The van der Waals surface area contributed by atoms with Crippen molar-refractivity contribution >= 4 is 49.7 Å². The molecule has 3 aromatic rings. The Labute approximate surface area is 217 Å². The second kappa shape index (κ2) is 10.9. The number of nitrogens with two attached hydrogens (primary N) is 2. The molecule has 0 amide bonds. The van der Waals surface area contributed by atoms with Crippen LogP contribution in [0, 0.1) is 0 Å². The van der Waals surface area contributed by atoms with Crippen LogP contribution in [0.1, 0.15) is 27.7 Å². The number of aryl methyl sites for hydroxylation is 1. The van der Waals surface area contributed by atoms with Crippen LogP contribution in [0.25, 0.3) is 10.8 Å². The fraction of sp³-hybridized carbons (Fsp3) is 0.348. The van der Waals surface area contributed by atoms with E-state index in [-0.39, 0.29) is 9.90 Å². The van der Waals surface area contributed by atoms with Crippen molar-refractivity contribution in [3.05, 3.63) is 52.5 Å². The molecule has 1 aliphatic rings. The molecule has 0 bridgehead atoms. The third kappa shape index (κ3) is 5.61. The molecule has 0 saturated carbocycles. The Morgan fingerprint density at radius 1 is 1.14 bits per heavy atom. The Morgan fingerprint density at radius 2 is 1.89 bits per heavy atom. The monoisotopic (exact) mass is 545 g/mol. The standard InChI is InChI=1S/C23H27N7O5S2/c24-23(25,21(32)33)19(37(34,35)16-9-5-7-14-6-1-2-8-15(14)16)18(31)20-30-29-17(36-20)10-3-4-11-26-22-27-12-13-28-22/h1-2,5-9,19H,3-4,10-13,24-25H2,(H,32,33)(H2,26,27,28)/t19-/m1/s1. The van der Waals surface area contributed by atoms with Crippen molar-refractivity contribution in [1.29, 1.82) is 0 Å². The van der Waals surface area contributed by atoms with Gasteiger partial charge in [0.15, 0.2) is 31.7 Å². The van der Waals surface area contributed by atoms with Gasteiger partial charge in [0.25, 0.3) is 0 Å². The van der Waals surface area contributed by atoms with Crippen LogP contribution in [0.2, 0.25) is 0 Å². The molecule has 12 nitrogen and oxygen atoms in total. The molecule has 37 heavy (non-hydrogen) atoms. The van der Waals surface area contributed by atoms with Crippen LogP contribution in [0.4, 0.5) is 0 Å². The molecule has 0 aliphatic carbocycles.